The van der Waals surface area contributed by atoms with Gasteiger partial charge in [-0.25, -0.2) is 27.8 Å². The van der Waals surface area contributed by atoms with E-state index in [1.165, 1.54) is 29.0 Å². The van der Waals surface area contributed by atoms with E-state index < -0.39 is 42.1 Å². The van der Waals surface area contributed by atoms with Gasteiger partial charge in [0.15, 0.2) is 5.82 Å². The molecule has 4 aromatic heterocycles. The quantitative estimate of drug-likeness (QED) is 0.246. The molecule has 1 aliphatic rings. The zero-order valence-corrected chi connectivity index (χ0v) is 22.7. The topological polar surface area (TPSA) is 91.3 Å². The van der Waals surface area contributed by atoms with Gasteiger partial charge in [-0.2, -0.15) is 27.4 Å². The summed E-state index contributed by atoms with van der Waals surface area (Å²) in [6, 6.07) is 7.55. The number of rotatable bonds is 7. The fourth-order valence-corrected chi connectivity index (χ4v) is 4.90. The van der Waals surface area contributed by atoms with E-state index >= 15 is 8.78 Å². The van der Waals surface area contributed by atoms with Crippen molar-refractivity contribution in [1.29, 1.82) is 0 Å². The largest absolute Gasteiger partial charge is 0.342 e. The van der Waals surface area contributed by atoms with Gasteiger partial charge < -0.3 is 9.88 Å². The van der Waals surface area contributed by atoms with Crippen molar-refractivity contribution >= 4 is 25.3 Å². The van der Waals surface area contributed by atoms with Crippen molar-refractivity contribution < 1.29 is 22.0 Å². The Bertz CT molecular complexity index is 1710. The van der Waals surface area contributed by atoms with Crippen LogP contribution in [0.4, 0.5) is 33.7 Å². The molecule has 41 heavy (non-hydrogen) atoms. The highest BCUT2D eigenvalue weighted by atomic mass is 32.1. The molecule has 15 heteroatoms. The third-order valence-electron chi connectivity index (χ3n) is 6.73. The van der Waals surface area contributed by atoms with Crippen LogP contribution in [0.5, 0.6) is 0 Å². The van der Waals surface area contributed by atoms with Crippen molar-refractivity contribution in [2.75, 3.05) is 5.32 Å². The standard InChI is InChI=1S/C26H22F5N9.H2S/c1-14-10-32-25(34-21-7-8-33-39(21)13-20(28)29)35-22(14)16-9-19-23-36-37-24(40(23)15(2)11-38(19)12-16)26(30,31)17-5-3-4-6-18(17)27;/h3-10,12,15,20H,11,13H2,1-2H3,(H,32,34,35);1H2/t15-;/m0./s1. The van der Waals surface area contributed by atoms with Crippen molar-refractivity contribution in [2.24, 2.45) is 0 Å². The Balaban J connectivity index is 0.00000337. The van der Waals surface area contributed by atoms with Gasteiger partial charge in [-0.15, -0.1) is 10.2 Å². The van der Waals surface area contributed by atoms with Crippen molar-refractivity contribution in [1.82, 2.24) is 39.1 Å². The molecule has 1 aliphatic heterocycles. The molecule has 6 rings (SSSR count). The molecule has 1 atom stereocenters. The van der Waals surface area contributed by atoms with Gasteiger partial charge in [0.05, 0.1) is 29.2 Å². The summed E-state index contributed by atoms with van der Waals surface area (Å²) in [5, 5.41) is 14.7. The number of alkyl halides is 4. The zero-order valence-electron chi connectivity index (χ0n) is 21.7. The number of hydrogen-bond donors (Lipinski definition) is 1. The molecule has 214 valence electrons. The van der Waals surface area contributed by atoms with E-state index in [-0.39, 0.29) is 25.3 Å². The van der Waals surface area contributed by atoms with Crippen molar-refractivity contribution in [3.05, 3.63) is 77.8 Å². The summed E-state index contributed by atoms with van der Waals surface area (Å²) < 4.78 is 75.4. The molecule has 5 heterocycles. The summed E-state index contributed by atoms with van der Waals surface area (Å²) >= 11 is 0. The van der Waals surface area contributed by atoms with E-state index in [4.69, 9.17) is 0 Å². The lowest BCUT2D eigenvalue weighted by Crippen LogP contribution is -2.28. The fourth-order valence-electron chi connectivity index (χ4n) is 4.90. The van der Waals surface area contributed by atoms with Crippen LogP contribution in [0.15, 0.2) is 55.0 Å². The molecule has 0 unspecified atom stereocenters. The fraction of sp³-hybridized carbons (Fsp3) is 0.269. The van der Waals surface area contributed by atoms with Gasteiger partial charge in [0.1, 0.15) is 18.2 Å². The van der Waals surface area contributed by atoms with Crippen LogP contribution in [0.3, 0.4) is 0 Å². The number of halogens is 5. The number of aromatic nitrogens is 8. The number of anilines is 2. The second-order valence-electron chi connectivity index (χ2n) is 9.53. The first-order valence-corrected chi connectivity index (χ1v) is 12.3. The second-order valence-corrected chi connectivity index (χ2v) is 9.53. The Morgan fingerprint density at radius 3 is 2.68 bits per heavy atom. The van der Waals surface area contributed by atoms with E-state index in [9.17, 15) is 13.2 Å². The molecule has 0 radical (unpaired) electrons. The number of nitrogens with one attached hydrogen (secondary N) is 1. The lowest BCUT2D eigenvalue weighted by Gasteiger charge is -2.27. The van der Waals surface area contributed by atoms with Gasteiger partial charge in [-0.1, -0.05) is 12.1 Å². The van der Waals surface area contributed by atoms with Gasteiger partial charge in [-0.3, -0.25) is 4.57 Å². The van der Waals surface area contributed by atoms with E-state index in [1.54, 1.807) is 19.2 Å². The van der Waals surface area contributed by atoms with Gasteiger partial charge in [-0.05, 0) is 37.6 Å². The Kier molecular flexibility index (Phi) is 7.32. The number of nitrogens with zero attached hydrogens (tertiary/aromatic N) is 8. The van der Waals surface area contributed by atoms with Gasteiger partial charge >= 0.3 is 5.92 Å². The Hall–Kier alpha value is -4.27. The lowest BCUT2D eigenvalue weighted by atomic mass is 10.1. The predicted molar refractivity (Wildman–Crippen MR) is 145 cm³/mol. The summed E-state index contributed by atoms with van der Waals surface area (Å²) in [5.74, 6) is -4.68. The molecule has 0 saturated carbocycles. The monoisotopic (exact) mass is 589 g/mol. The highest BCUT2D eigenvalue weighted by molar-refractivity contribution is 7.59. The smallest absolute Gasteiger partial charge is 0.334 e. The molecule has 1 N–H and O–H groups in total. The Morgan fingerprint density at radius 1 is 1.15 bits per heavy atom. The third-order valence-corrected chi connectivity index (χ3v) is 6.73. The van der Waals surface area contributed by atoms with Crippen LogP contribution >= 0.6 is 13.5 Å². The molecule has 9 nitrogen and oxygen atoms in total. The molecule has 0 spiro atoms. The van der Waals surface area contributed by atoms with Crippen LogP contribution in [-0.4, -0.2) is 45.5 Å². The summed E-state index contributed by atoms with van der Waals surface area (Å²) in [6.45, 7) is 3.33. The summed E-state index contributed by atoms with van der Waals surface area (Å²) in [6.07, 6.45) is 2.23. The maximum absolute atomic E-state index is 15.5. The molecule has 0 saturated heterocycles. The molecule has 0 bridgehead atoms. The first-order valence-electron chi connectivity index (χ1n) is 12.3. The van der Waals surface area contributed by atoms with Crippen LogP contribution in [0, 0.1) is 12.7 Å². The van der Waals surface area contributed by atoms with Gasteiger partial charge in [0.2, 0.25) is 11.8 Å². The Labute approximate surface area is 237 Å². The summed E-state index contributed by atoms with van der Waals surface area (Å²) in [4.78, 5) is 8.84. The first-order chi connectivity index (χ1) is 19.1. The minimum atomic E-state index is -3.71. The highest BCUT2D eigenvalue weighted by Gasteiger charge is 2.44. The van der Waals surface area contributed by atoms with Crippen molar-refractivity contribution in [3.63, 3.8) is 0 Å². The lowest BCUT2D eigenvalue weighted by molar-refractivity contribution is 0.0231. The summed E-state index contributed by atoms with van der Waals surface area (Å²) in [5.41, 5.74) is 1.72. The van der Waals surface area contributed by atoms with E-state index in [0.717, 1.165) is 22.4 Å². The number of aryl methyl sites for hydroxylation is 1. The maximum Gasteiger partial charge on any atom is 0.334 e. The molecule has 5 aromatic rings. The van der Waals surface area contributed by atoms with E-state index in [1.807, 2.05) is 17.7 Å². The third kappa shape index (κ3) is 4.94. The Morgan fingerprint density at radius 2 is 1.93 bits per heavy atom. The molecule has 1 aromatic carbocycles. The van der Waals surface area contributed by atoms with Gasteiger partial charge in [0, 0.05) is 30.6 Å². The number of benzene rings is 1. The molecule has 0 amide bonds. The number of fused-ring (bicyclic) bond motifs is 3. The minimum absolute atomic E-state index is 0. The molecular weight excluding hydrogens is 565 g/mol. The van der Waals surface area contributed by atoms with E-state index in [2.05, 4.69) is 30.6 Å². The SMILES string of the molecule is Cc1cnc(Nc2ccnn2CC(F)F)nc1-c1cc2n(c1)C[C@H](C)n1c-2nnc1C(F)(F)c1ccccc1F.S. The average molecular weight is 590 g/mol. The first kappa shape index (κ1) is 28.3. The van der Waals surface area contributed by atoms with Crippen molar-refractivity contribution in [2.45, 2.75) is 45.3 Å². The predicted octanol–water partition coefficient (Wildman–Crippen LogP) is 5.68. The highest BCUT2D eigenvalue weighted by Crippen LogP contribution is 2.42. The normalized spacial score (nSPS) is 14.5. The van der Waals surface area contributed by atoms with E-state index in [0.29, 0.717) is 29.3 Å². The van der Waals surface area contributed by atoms with Crippen LogP contribution < -0.4 is 5.32 Å². The maximum atomic E-state index is 15.5. The van der Waals surface area contributed by atoms with Crippen LogP contribution in [0.2, 0.25) is 0 Å². The molecule has 0 aliphatic carbocycles. The number of hydrogen-bond acceptors (Lipinski definition) is 6. The van der Waals surface area contributed by atoms with Crippen LogP contribution in [0.1, 0.15) is 29.9 Å². The molecule has 0 fully saturated rings. The van der Waals surface area contributed by atoms with Crippen LogP contribution in [-0.2, 0) is 19.0 Å². The minimum Gasteiger partial charge on any atom is -0.342 e. The molecular formula is C26H24F5N9S. The van der Waals surface area contributed by atoms with Crippen molar-refractivity contribution in [3.8, 4) is 22.8 Å². The van der Waals surface area contributed by atoms with Crippen LogP contribution in [0.25, 0.3) is 22.8 Å². The van der Waals surface area contributed by atoms with Gasteiger partial charge in [0.25, 0.3) is 6.43 Å². The second kappa shape index (κ2) is 10.6. The zero-order chi connectivity index (χ0) is 28.2. The average Bonchev–Trinajstić information content (AvgIpc) is 3.64. The summed E-state index contributed by atoms with van der Waals surface area (Å²) in [7, 11) is 0.